The van der Waals surface area contributed by atoms with Crippen LogP contribution in [0.5, 0.6) is 0 Å². The van der Waals surface area contributed by atoms with Crippen LogP contribution in [0.15, 0.2) is 35.5 Å². The van der Waals surface area contributed by atoms with Crippen molar-refractivity contribution >= 4 is 11.8 Å². The summed E-state index contributed by atoms with van der Waals surface area (Å²) < 4.78 is 4.85. The number of fused-ring (bicyclic) bond motifs is 1. The van der Waals surface area contributed by atoms with Gasteiger partial charge in [0.05, 0.1) is 6.61 Å². The molecular formula is C17H22O4. The van der Waals surface area contributed by atoms with Crippen molar-refractivity contribution in [2.75, 3.05) is 6.61 Å². The van der Waals surface area contributed by atoms with Crippen LogP contribution in [-0.4, -0.2) is 29.1 Å². The summed E-state index contributed by atoms with van der Waals surface area (Å²) in [7, 11) is 0. The van der Waals surface area contributed by atoms with Gasteiger partial charge in [0, 0.05) is 17.4 Å². The molecule has 3 unspecified atom stereocenters. The second-order valence-corrected chi connectivity index (χ2v) is 6.14. The fourth-order valence-corrected chi connectivity index (χ4v) is 3.07. The Hall–Kier alpha value is -1.68. The Kier molecular flexibility index (Phi) is 3.93. The number of aliphatic hydroxyl groups is 1. The summed E-state index contributed by atoms with van der Waals surface area (Å²) in [5.74, 6) is -0.384. The first kappa shape index (κ1) is 15.7. The van der Waals surface area contributed by atoms with Crippen LogP contribution in [0.4, 0.5) is 0 Å². The number of carbonyl (C=O) groups is 2. The average Bonchev–Trinajstić information content (AvgIpc) is 3.09. The number of hydrogen-bond donors (Lipinski definition) is 1. The lowest BCUT2D eigenvalue weighted by molar-refractivity contribution is -0.137. The van der Waals surface area contributed by atoms with Gasteiger partial charge < -0.3 is 9.84 Å². The summed E-state index contributed by atoms with van der Waals surface area (Å²) in [5.41, 5.74) is -0.199. The topological polar surface area (TPSA) is 63.6 Å². The zero-order chi connectivity index (χ0) is 15.8. The van der Waals surface area contributed by atoms with Crippen LogP contribution >= 0.6 is 0 Å². The van der Waals surface area contributed by atoms with E-state index in [1.54, 1.807) is 32.9 Å². The maximum Gasteiger partial charge on any atom is 0.330 e. The van der Waals surface area contributed by atoms with Crippen LogP contribution in [0.25, 0.3) is 0 Å². The lowest BCUT2D eigenvalue weighted by Crippen LogP contribution is -2.42. The van der Waals surface area contributed by atoms with E-state index < -0.39 is 17.0 Å². The summed E-state index contributed by atoms with van der Waals surface area (Å²) >= 11 is 0. The fourth-order valence-electron chi connectivity index (χ4n) is 3.07. The maximum absolute atomic E-state index is 11.8. The third kappa shape index (κ3) is 2.60. The lowest BCUT2D eigenvalue weighted by Gasteiger charge is -2.36. The van der Waals surface area contributed by atoms with Crippen LogP contribution in [0, 0.1) is 11.3 Å². The first-order chi connectivity index (χ1) is 9.74. The Labute approximate surface area is 125 Å². The first-order valence-electron chi connectivity index (χ1n) is 7.24. The molecule has 1 saturated carbocycles. The highest BCUT2D eigenvalue weighted by atomic mass is 16.5. The van der Waals surface area contributed by atoms with Gasteiger partial charge in [-0.1, -0.05) is 13.0 Å². The largest absolute Gasteiger partial charge is 0.463 e. The summed E-state index contributed by atoms with van der Waals surface area (Å²) in [6.45, 7) is 7.56. The maximum atomic E-state index is 11.8. The van der Waals surface area contributed by atoms with Gasteiger partial charge >= 0.3 is 5.97 Å². The number of hydrogen-bond acceptors (Lipinski definition) is 4. The van der Waals surface area contributed by atoms with Crippen molar-refractivity contribution in [2.24, 2.45) is 11.3 Å². The Morgan fingerprint density at radius 1 is 1.57 bits per heavy atom. The molecule has 2 aliphatic rings. The van der Waals surface area contributed by atoms with Crippen molar-refractivity contribution in [3.63, 3.8) is 0 Å². The van der Waals surface area contributed by atoms with Crippen molar-refractivity contribution in [3.05, 3.63) is 35.5 Å². The lowest BCUT2D eigenvalue weighted by atomic mass is 9.73. The number of carbonyl (C=O) groups excluding carboxylic acids is 2. The molecule has 114 valence electrons. The van der Waals surface area contributed by atoms with Crippen LogP contribution in [0.3, 0.4) is 0 Å². The molecule has 0 aromatic carbocycles. The second kappa shape index (κ2) is 5.26. The van der Waals surface area contributed by atoms with E-state index in [1.165, 1.54) is 12.2 Å². The molecule has 3 atom stereocenters. The molecule has 0 heterocycles. The quantitative estimate of drug-likeness (QED) is 0.490. The minimum atomic E-state index is -1.13. The predicted molar refractivity (Wildman–Crippen MR) is 79.5 cm³/mol. The highest BCUT2D eigenvalue weighted by molar-refractivity contribution is 5.97. The zero-order valence-corrected chi connectivity index (χ0v) is 13.0. The predicted octanol–water partition coefficient (Wildman–Crippen LogP) is 2.34. The average molecular weight is 290 g/mol. The molecule has 0 aliphatic heterocycles. The number of rotatable bonds is 4. The van der Waals surface area contributed by atoms with E-state index in [-0.39, 0.29) is 11.7 Å². The Morgan fingerprint density at radius 2 is 2.24 bits per heavy atom. The van der Waals surface area contributed by atoms with Crippen LogP contribution in [0.2, 0.25) is 0 Å². The standard InChI is InChI=1S/C17H22O4/c1-5-21-15(19)8-11(2)6-7-17(20)12(3)9-14(18)13-10-16(13,17)4/h6-9,13,20H,5,10H2,1-4H3. The minimum absolute atomic E-state index is 0.0924. The summed E-state index contributed by atoms with van der Waals surface area (Å²) in [5, 5.41) is 11.0. The highest BCUT2D eigenvalue weighted by Gasteiger charge is 2.67. The third-order valence-corrected chi connectivity index (χ3v) is 4.63. The molecule has 4 nitrogen and oxygen atoms in total. The monoisotopic (exact) mass is 290 g/mol. The first-order valence-corrected chi connectivity index (χ1v) is 7.24. The number of ketones is 1. The van der Waals surface area contributed by atoms with Gasteiger partial charge in [0.1, 0.15) is 5.60 Å². The second-order valence-electron chi connectivity index (χ2n) is 6.14. The molecule has 0 spiro atoms. The van der Waals surface area contributed by atoms with E-state index in [0.717, 1.165) is 0 Å². The van der Waals surface area contributed by atoms with Crippen LogP contribution < -0.4 is 0 Å². The molecule has 0 radical (unpaired) electrons. The molecule has 0 amide bonds. The molecule has 1 fully saturated rings. The molecule has 2 rings (SSSR count). The zero-order valence-electron chi connectivity index (χ0n) is 13.0. The van der Waals surface area contributed by atoms with Gasteiger partial charge in [0.25, 0.3) is 0 Å². The number of esters is 1. The molecule has 0 saturated heterocycles. The van der Waals surface area contributed by atoms with E-state index in [9.17, 15) is 14.7 Å². The number of allylic oxidation sites excluding steroid dienone is 3. The van der Waals surface area contributed by atoms with Crippen molar-refractivity contribution < 1.29 is 19.4 Å². The van der Waals surface area contributed by atoms with E-state index in [0.29, 0.717) is 24.2 Å². The van der Waals surface area contributed by atoms with Crippen molar-refractivity contribution in [1.82, 2.24) is 0 Å². The van der Waals surface area contributed by atoms with E-state index in [2.05, 4.69) is 0 Å². The Balaban J connectivity index is 2.22. The van der Waals surface area contributed by atoms with Gasteiger partial charge in [-0.05, 0) is 50.5 Å². The summed E-state index contributed by atoms with van der Waals surface area (Å²) in [6.07, 6.45) is 7.03. The number of ether oxygens (including phenoxy) is 1. The van der Waals surface area contributed by atoms with E-state index >= 15 is 0 Å². The fraction of sp³-hybridized carbons (Fsp3) is 0.529. The Bertz CT molecular complexity index is 569. The molecule has 4 heteroatoms. The van der Waals surface area contributed by atoms with Crippen LogP contribution in [-0.2, 0) is 14.3 Å². The summed E-state index contributed by atoms with van der Waals surface area (Å²) in [4.78, 5) is 23.2. The summed E-state index contributed by atoms with van der Waals surface area (Å²) in [6, 6.07) is 0. The molecule has 2 aliphatic carbocycles. The van der Waals surface area contributed by atoms with Gasteiger partial charge in [-0.2, -0.15) is 0 Å². The van der Waals surface area contributed by atoms with Gasteiger partial charge in [0.15, 0.2) is 5.78 Å². The van der Waals surface area contributed by atoms with Crippen molar-refractivity contribution in [1.29, 1.82) is 0 Å². The van der Waals surface area contributed by atoms with Gasteiger partial charge in [-0.15, -0.1) is 0 Å². The van der Waals surface area contributed by atoms with E-state index in [4.69, 9.17) is 4.74 Å². The molecule has 21 heavy (non-hydrogen) atoms. The minimum Gasteiger partial charge on any atom is -0.463 e. The molecular weight excluding hydrogens is 268 g/mol. The van der Waals surface area contributed by atoms with Gasteiger partial charge in [-0.25, -0.2) is 4.79 Å². The molecule has 0 bridgehead atoms. The highest BCUT2D eigenvalue weighted by Crippen LogP contribution is 2.64. The van der Waals surface area contributed by atoms with E-state index in [1.807, 2.05) is 6.92 Å². The van der Waals surface area contributed by atoms with Gasteiger partial charge in [-0.3, -0.25) is 4.79 Å². The van der Waals surface area contributed by atoms with Crippen LogP contribution in [0.1, 0.15) is 34.1 Å². The van der Waals surface area contributed by atoms with Crippen molar-refractivity contribution in [3.8, 4) is 0 Å². The molecule has 0 aromatic heterocycles. The third-order valence-electron chi connectivity index (χ3n) is 4.63. The van der Waals surface area contributed by atoms with Gasteiger partial charge in [0.2, 0.25) is 0 Å². The normalized spacial score (nSPS) is 35.5. The smallest absolute Gasteiger partial charge is 0.330 e. The SMILES string of the molecule is CCOC(=O)C=C(C)C=CC1(O)C(C)=CC(=O)C2CC21C. The molecule has 1 N–H and O–H groups in total. The van der Waals surface area contributed by atoms with Crippen molar-refractivity contribution in [2.45, 2.75) is 39.7 Å². The Morgan fingerprint density at radius 3 is 2.86 bits per heavy atom. The molecule has 0 aromatic rings.